The zero-order valence-electron chi connectivity index (χ0n) is 16.2. The van der Waals surface area contributed by atoms with Gasteiger partial charge in [0.25, 0.3) is 0 Å². The molecule has 142 valence electrons. The molecule has 0 aliphatic heterocycles. The molecule has 0 aliphatic rings. The van der Waals surface area contributed by atoms with Crippen LogP contribution >= 0.6 is 0 Å². The van der Waals surface area contributed by atoms with Gasteiger partial charge < -0.3 is 19.9 Å². The lowest BCUT2D eigenvalue weighted by Gasteiger charge is -2.12. The van der Waals surface area contributed by atoms with E-state index >= 15 is 0 Å². The summed E-state index contributed by atoms with van der Waals surface area (Å²) < 4.78 is 7.35. The minimum absolute atomic E-state index is 0.572. The fraction of sp³-hybridized carbons (Fsp3) is 0.526. The molecule has 7 heteroatoms. The number of benzene rings is 1. The first kappa shape index (κ1) is 19.9. The van der Waals surface area contributed by atoms with E-state index in [4.69, 9.17) is 4.74 Å². The first-order valence-electron chi connectivity index (χ1n) is 9.10. The molecule has 0 unspecified atom stereocenters. The van der Waals surface area contributed by atoms with Crippen molar-refractivity contribution in [2.45, 2.75) is 40.3 Å². The number of ether oxygens (including phenoxy) is 1. The van der Waals surface area contributed by atoms with Crippen LogP contribution in [0.15, 0.2) is 29.3 Å². The maximum Gasteiger partial charge on any atom is 0.191 e. The summed E-state index contributed by atoms with van der Waals surface area (Å²) in [5.41, 5.74) is 2.43. The van der Waals surface area contributed by atoms with Gasteiger partial charge in [0, 0.05) is 26.8 Å². The average Bonchev–Trinajstić information content (AvgIpc) is 2.96. The summed E-state index contributed by atoms with van der Waals surface area (Å²) in [6.07, 6.45) is 0.933. The van der Waals surface area contributed by atoms with Crippen LogP contribution in [-0.4, -0.2) is 40.5 Å². The molecule has 1 aromatic heterocycles. The number of nitrogens with zero attached hydrogens (tertiary/aromatic N) is 4. The third kappa shape index (κ3) is 6.48. The third-order valence-electron chi connectivity index (χ3n) is 4.10. The van der Waals surface area contributed by atoms with Crippen molar-refractivity contribution in [1.29, 1.82) is 0 Å². The van der Waals surface area contributed by atoms with Crippen molar-refractivity contribution in [1.82, 2.24) is 25.4 Å². The summed E-state index contributed by atoms with van der Waals surface area (Å²) in [7, 11) is 1.96. The lowest BCUT2D eigenvalue weighted by atomic mass is 10.1. The maximum atomic E-state index is 5.38. The van der Waals surface area contributed by atoms with E-state index in [1.54, 1.807) is 0 Å². The number of rotatable bonds is 9. The summed E-state index contributed by atoms with van der Waals surface area (Å²) >= 11 is 0. The topological polar surface area (TPSA) is 76.4 Å². The molecule has 26 heavy (non-hydrogen) atoms. The standard InChI is InChI=1S/C19H30N6O/c1-5-26-12-6-11-20-19(21-13-17-9-7-15(2)8-10-17)22-14-18-24-23-16(3)25(18)4/h7-10H,5-6,11-14H2,1-4H3,(H2,20,21,22). The second kappa shape index (κ2) is 10.6. The van der Waals surface area contributed by atoms with Gasteiger partial charge in [-0.2, -0.15) is 0 Å². The summed E-state index contributed by atoms with van der Waals surface area (Å²) in [4.78, 5) is 4.69. The van der Waals surface area contributed by atoms with Gasteiger partial charge in [0.15, 0.2) is 11.8 Å². The molecule has 2 rings (SSSR count). The molecule has 2 N–H and O–H groups in total. The molecule has 7 nitrogen and oxygen atoms in total. The summed E-state index contributed by atoms with van der Waals surface area (Å²) in [5.74, 6) is 2.54. The minimum Gasteiger partial charge on any atom is -0.382 e. The molecule has 0 amide bonds. The Balaban J connectivity index is 1.94. The first-order valence-corrected chi connectivity index (χ1v) is 9.10. The van der Waals surface area contributed by atoms with Gasteiger partial charge in [-0.1, -0.05) is 29.8 Å². The lowest BCUT2D eigenvalue weighted by Crippen LogP contribution is -2.38. The van der Waals surface area contributed by atoms with Gasteiger partial charge in [-0.15, -0.1) is 10.2 Å². The fourth-order valence-electron chi connectivity index (χ4n) is 2.33. The van der Waals surface area contributed by atoms with Gasteiger partial charge in [0.1, 0.15) is 5.82 Å². The maximum absolute atomic E-state index is 5.38. The largest absolute Gasteiger partial charge is 0.382 e. The first-order chi connectivity index (χ1) is 12.6. The number of hydrogen-bond donors (Lipinski definition) is 2. The van der Waals surface area contributed by atoms with E-state index in [9.17, 15) is 0 Å². The SMILES string of the molecule is CCOCCCNC(=NCc1ccc(C)cc1)NCc1nnc(C)n1C. The van der Waals surface area contributed by atoms with Crippen LogP contribution in [0.2, 0.25) is 0 Å². The Labute approximate surface area is 155 Å². The van der Waals surface area contributed by atoms with E-state index in [1.807, 2.05) is 25.5 Å². The van der Waals surface area contributed by atoms with E-state index in [0.717, 1.165) is 43.8 Å². The molecule has 1 aromatic carbocycles. The number of aliphatic imine (C=N–C) groups is 1. The highest BCUT2D eigenvalue weighted by Gasteiger charge is 2.06. The second-order valence-electron chi connectivity index (χ2n) is 6.20. The van der Waals surface area contributed by atoms with Crippen LogP contribution in [0.5, 0.6) is 0 Å². The van der Waals surface area contributed by atoms with Gasteiger partial charge in [0.05, 0.1) is 13.1 Å². The van der Waals surface area contributed by atoms with E-state index < -0.39 is 0 Å². The number of hydrogen-bond acceptors (Lipinski definition) is 4. The minimum atomic E-state index is 0.572. The number of aryl methyl sites for hydroxylation is 2. The molecule has 2 aromatic rings. The molecule has 0 bridgehead atoms. The smallest absolute Gasteiger partial charge is 0.191 e. The highest BCUT2D eigenvalue weighted by atomic mass is 16.5. The van der Waals surface area contributed by atoms with Gasteiger partial charge in [0.2, 0.25) is 0 Å². The van der Waals surface area contributed by atoms with Crippen molar-refractivity contribution >= 4 is 5.96 Å². The van der Waals surface area contributed by atoms with Crippen LogP contribution in [0, 0.1) is 13.8 Å². The number of nitrogens with one attached hydrogen (secondary N) is 2. The summed E-state index contributed by atoms with van der Waals surface area (Å²) in [6, 6.07) is 8.43. The Morgan fingerprint density at radius 3 is 2.58 bits per heavy atom. The van der Waals surface area contributed by atoms with Gasteiger partial charge in [-0.3, -0.25) is 0 Å². The van der Waals surface area contributed by atoms with E-state index in [0.29, 0.717) is 13.1 Å². The van der Waals surface area contributed by atoms with Crippen LogP contribution in [-0.2, 0) is 24.9 Å². The Morgan fingerprint density at radius 2 is 1.92 bits per heavy atom. The summed E-state index contributed by atoms with van der Waals surface area (Å²) in [5, 5.41) is 15.0. The van der Waals surface area contributed by atoms with Crippen LogP contribution in [0.4, 0.5) is 0 Å². The predicted molar refractivity (Wildman–Crippen MR) is 104 cm³/mol. The highest BCUT2D eigenvalue weighted by molar-refractivity contribution is 5.79. The van der Waals surface area contributed by atoms with Crippen LogP contribution < -0.4 is 10.6 Å². The van der Waals surface area contributed by atoms with Gasteiger partial charge in [-0.05, 0) is 32.8 Å². The Kier molecular flexibility index (Phi) is 8.08. The van der Waals surface area contributed by atoms with E-state index in [1.165, 1.54) is 11.1 Å². The zero-order chi connectivity index (χ0) is 18.8. The Bertz CT molecular complexity index is 693. The quantitative estimate of drug-likeness (QED) is 0.408. The van der Waals surface area contributed by atoms with Crippen molar-refractivity contribution in [2.24, 2.45) is 12.0 Å². The average molecular weight is 358 g/mol. The van der Waals surface area contributed by atoms with Crippen molar-refractivity contribution in [3.8, 4) is 0 Å². The molecule has 0 fully saturated rings. The monoisotopic (exact) mass is 358 g/mol. The Morgan fingerprint density at radius 1 is 1.15 bits per heavy atom. The molecule has 0 saturated heterocycles. The second-order valence-corrected chi connectivity index (χ2v) is 6.20. The van der Waals surface area contributed by atoms with Crippen molar-refractivity contribution in [2.75, 3.05) is 19.8 Å². The van der Waals surface area contributed by atoms with Crippen LogP contribution in [0.25, 0.3) is 0 Å². The van der Waals surface area contributed by atoms with Crippen LogP contribution in [0.3, 0.4) is 0 Å². The molecule has 0 aliphatic carbocycles. The summed E-state index contributed by atoms with van der Waals surface area (Å²) in [6.45, 7) is 9.53. The van der Waals surface area contributed by atoms with Crippen molar-refractivity contribution in [3.05, 3.63) is 47.0 Å². The zero-order valence-corrected chi connectivity index (χ0v) is 16.2. The molecule has 0 saturated carbocycles. The number of aromatic nitrogens is 3. The molecule has 0 radical (unpaired) electrons. The molecule has 1 heterocycles. The predicted octanol–water partition coefficient (Wildman–Crippen LogP) is 2.09. The van der Waals surface area contributed by atoms with Crippen LogP contribution in [0.1, 0.15) is 36.1 Å². The van der Waals surface area contributed by atoms with Gasteiger partial charge >= 0.3 is 0 Å². The number of guanidine groups is 1. The molecule has 0 spiro atoms. The van der Waals surface area contributed by atoms with Crippen molar-refractivity contribution < 1.29 is 4.74 Å². The molecule has 0 atom stereocenters. The highest BCUT2D eigenvalue weighted by Crippen LogP contribution is 2.04. The van der Waals surface area contributed by atoms with E-state index in [-0.39, 0.29) is 0 Å². The normalized spacial score (nSPS) is 11.6. The fourth-order valence-corrected chi connectivity index (χ4v) is 2.33. The lowest BCUT2D eigenvalue weighted by molar-refractivity contribution is 0.145. The third-order valence-corrected chi connectivity index (χ3v) is 4.10. The molecular weight excluding hydrogens is 328 g/mol. The Hall–Kier alpha value is -2.41. The van der Waals surface area contributed by atoms with E-state index in [2.05, 4.69) is 57.0 Å². The van der Waals surface area contributed by atoms with Gasteiger partial charge in [-0.25, -0.2) is 4.99 Å². The van der Waals surface area contributed by atoms with Crippen molar-refractivity contribution in [3.63, 3.8) is 0 Å². The molecular formula is C19H30N6O.